The lowest BCUT2D eigenvalue weighted by molar-refractivity contribution is 1.48. The number of aromatic amines is 1. The maximum atomic E-state index is 12.3. The Balaban J connectivity index is 2.68. The van der Waals surface area contributed by atoms with Crippen molar-refractivity contribution in [2.45, 2.75) is 0 Å². The minimum atomic E-state index is -0.0478. The normalized spacial score (nSPS) is 11.1. The van der Waals surface area contributed by atoms with Crippen LogP contribution in [0.4, 0.5) is 11.4 Å². The highest BCUT2D eigenvalue weighted by molar-refractivity contribution is 6.01. The van der Waals surface area contributed by atoms with Gasteiger partial charge in [0.05, 0.1) is 22.4 Å². The van der Waals surface area contributed by atoms with Gasteiger partial charge in [-0.15, -0.1) is 0 Å². The molecule has 84 valence electrons. The topological polar surface area (TPSA) is 84.9 Å². The lowest BCUT2D eigenvalue weighted by Crippen LogP contribution is -2.06. The summed E-state index contributed by atoms with van der Waals surface area (Å²) in [6.45, 7) is 0. The van der Waals surface area contributed by atoms with Crippen LogP contribution in [0, 0.1) is 0 Å². The average Bonchev–Trinajstić information content (AvgIpc) is 2.32. The van der Waals surface area contributed by atoms with Crippen LogP contribution in [0.5, 0.6) is 0 Å². The predicted molar refractivity (Wildman–Crippen MR) is 70.9 cm³/mol. The maximum absolute atomic E-state index is 12.3. The zero-order valence-electron chi connectivity index (χ0n) is 9.03. The molecule has 1 aromatic heterocycles. The van der Waals surface area contributed by atoms with Crippen LogP contribution in [0.1, 0.15) is 0 Å². The summed E-state index contributed by atoms with van der Waals surface area (Å²) in [6.07, 6.45) is 0. The molecule has 0 saturated carbocycles. The van der Waals surface area contributed by atoms with Gasteiger partial charge in [-0.25, -0.2) is 0 Å². The van der Waals surface area contributed by atoms with Gasteiger partial charge in [-0.05, 0) is 24.3 Å². The van der Waals surface area contributed by atoms with E-state index in [1.807, 2.05) is 0 Å². The van der Waals surface area contributed by atoms with Crippen molar-refractivity contribution in [1.29, 1.82) is 0 Å². The van der Waals surface area contributed by atoms with E-state index in [0.29, 0.717) is 33.2 Å². The van der Waals surface area contributed by atoms with Crippen LogP contribution in [-0.4, -0.2) is 4.98 Å². The van der Waals surface area contributed by atoms with E-state index in [0.717, 1.165) is 0 Å². The van der Waals surface area contributed by atoms with E-state index in [1.165, 1.54) is 0 Å². The molecule has 0 unspecified atom stereocenters. The van der Waals surface area contributed by atoms with Crippen molar-refractivity contribution in [2.24, 2.45) is 0 Å². The highest BCUT2D eigenvalue weighted by Gasteiger charge is 2.08. The van der Waals surface area contributed by atoms with Gasteiger partial charge in [0.1, 0.15) is 0 Å². The minimum absolute atomic E-state index is 0.0478. The molecule has 4 heteroatoms. The number of nitrogens with two attached hydrogens (primary N) is 2. The highest BCUT2D eigenvalue weighted by atomic mass is 16.1. The Bertz CT molecular complexity index is 727. The predicted octanol–water partition coefficient (Wildman–Crippen LogP) is 1.85. The summed E-state index contributed by atoms with van der Waals surface area (Å²) in [5.41, 5.74) is 14.0. The molecule has 5 N–H and O–H groups in total. The lowest BCUT2D eigenvalue weighted by Gasteiger charge is -2.06. The molecule has 0 saturated heterocycles. The number of benzene rings is 2. The summed E-state index contributed by atoms with van der Waals surface area (Å²) in [6, 6.07) is 10.6. The summed E-state index contributed by atoms with van der Waals surface area (Å²) in [5.74, 6) is 0. The number of pyridine rings is 1. The molecule has 2 aromatic carbocycles. The summed E-state index contributed by atoms with van der Waals surface area (Å²) in [7, 11) is 0. The van der Waals surface area contributed by atoms with Crippen LogP contribution in [0.25, 0.3) is 21.8 Å². The van der Waals surface area contributed by atoms with Gasteiger partial charge in [0, 0.05) is 10.8 Å². The number of aromatic nitrogens is 1. The average molecular weight is 225 g/mol. The van der Waals surface area contributed by atoms with Gasteiger partial charge in [-0.2, -0.15) is 0 Å². The summed E-state index contributed by atoms with van der Waals surface area (Å²) in [4.78, 5) is 15.4. The first-order chi connectivity index (χ1) is 8.18. The third kappa shape index (κ3) is 1.27. The first-order valence-corrected chi connectivity index (χ1v) is 5.27. The Labute approximate surface area is 96.9 Å². The fraction of sp³-hybridized carbons (Fsp3) is 0. The van der Waals surface area contributed by atoms with Gasteiger partial charge >= 0.3 is 0 Å². The lowest BCUT2D eigenvalue weighted by atomic mass is 10.1. The van der Waals surface area contributed by atoms with Gasteiger partial charge < -0.3 is 16.5 Å². The largest absolute Gasteiger partial charge is 0.397 e. The number of H-pyrrole nitrogens is 1. The van der Waals surface area contributed by atoms with E-state index in [2.05, 4.69) is 4.98 Å². The van der Waals surface area contributed by atoms with Gasteiger partial charge in [0.2, 0.25) is 0 Å². The second kappa shape index (κ2) is 3.25. The van der Waals surface area contributed by atoms with Crippen LogP contribution in [0.3, 0.4) is 0 Å². The molecular weight excluding hydrogens is 214 g/mol. The third-order valence-electron chi connectivity index (χ3n) is 2.93. The first kappa shape index (κ1) is 9.72. The van der Waals surface area contributed by atoms with Crippen molar-refractivity contribution >= 4 is 33.2 Å². The van der Waals surface area contributed by atoms with Crippen LogP contribution in [-0.2, 0) is 0 Å². The maximum Gasteiger partial charge on any atom is 0.197 e. The molecule has 3 rings (SSSR count). The molecule has 4 nitrogen and oxygen atoms in total. The van der Waals surface area contributed by atoms with Gasteiger partial charge in [-0.3, -0.25) is 4.79 Å². The van der Waals surface area contributed by atoms with E-state index in [1.54, 1.807) is 36.4 Å². The summed E-state index contributed by atoms with van der Waals surface area (Å²) >= 11 is 0. The molecule has 0 fully saturated rings. The first-order valence-electron chi connectivity index (χ1n) is 5.27. The van der Waals surface area contributed by atoms with Crippen LogP contribution < -0.4 is 16.9 Å². The monoisotopic (exact) mass is 225 g/mol. The van der Waals surface area contributed by atoms with E-state index in [9.17, 15) is 4.79 Å². The molecule has 1 heterocycles. The molecule has 0 atom stereocenters. The molecule has 3 aromatic rings. The molecule has 17 heavy (non-hydrogen) atoms. The SMILES string of the molecule is Nc1cccc2c(=O)c3cccc(N)c3[nH]c12. The summed E-state index contributed by atoms with van der Waals surface area (Å²) < 4.78 is 0. The van der Waals surface area contributed by atoms with Crippen LogP contribution in [0.2, 0.25) is 0 Å². The molecule has 0 amide bonds. The zero-order valence-corrected chi connectivity index (χ0v) is 9.03. The van der Waals surface area contributed by atoms with Crippen molar-refractivity contribution in [1.82, 2.24) is 4.98 Å². The smallest absolute Gasteiger partial charge is 0.197 e. The molecular formula is C13H11N3O. The molecule has 0 aliphatic heterocycles. The number of hydrogen-bond donors (Lipinski definition) is 3. The van der Waals surface area contributed by atoms with Crippen molar-refractivity contribution in [2.75, 3.05) is 11.5 Å². The number of fused-ring (bicyclic) bond motifs is 2. The molecule has 0 bridgehead atoms. The van der Waals surface area contributed by atoms with E-state index in [4.69, 9.17) is 11.5 Å². The van der Waals surface area contributed by atoms with E-state index >= 15 is 0 Å². The van der Waals surface area contributed by atoms with Crippen LogP contribution >= 0.6 is 0 Å². The van der Waals surface area contributed by atoms with Crippen molar-refractivity contribution in [3.05, 3.63) is 46.6 Å². The Morgan fingerprint density at radius 3 is 1.76 bits per heavy atom. The van der Waals surface area contributed by atoms with Crippen molar-refractivity contribution in [3.8, 4) is 0 Å². The fourth-order valence-corrected chi connectivity index (χ4v) is 2.07. The number of nitrogens with one attached hydrogen (secondary N) is 1. The Morgan fingerprint density at radius 1 is 0.824 bits per heavy atom. The second-order valence-corrected chi connectivity index (χ2v) is 3.99. The number of nitrogen functional groups attached to an aromatic ring is 2. The van der Waals surface area contributed by atoms with Crippen LogP contribution in [0.15, 0.2) is 41.2 Å². The molecule has 0 aliphatic carbocycles. The van der Waals surface area contributed by atoms with Crippen molar-refractivity contribution < 1.29 is 0 Å². The molecule has 0 aliphatic rings. The third-order valence-corrected chi connectivity index (χ3v) is 2.93. The number of para-hydroxylation sites is 2. The fourth-order valence-electron chi connectivity index (χ4n) is 2.07. The molecule has 0 radical (unpaired) electrons. The standard InChI is InChI=1S/C13H11N3O/c14-9-5-1-3-7-11(9)16-12-8(13(7)17)4-2-6-10(12)15/h1-6H,14-15H2,(H,16,17). The number of hydrogen-bond acceptors (Lipinski definition) is 3. The second-order valence-electron chi connectivity index (χ2n) is 3.99. The van der Waals surface area contributed by atoms with E-state index < -0.39 is 0 Å². The van der Waals surface area contributed by atoms with Gasteiger partial charge in [-0.1, -0.05) is 12.1 Å². The molecule has 0 spiro atoms. The Morgan fingerprint density at radius 2 is 1.29 bits per heavy atom. The summed E-state index contributed by atoms with van der Waals surface area (Å²) in [5, 5.41) is 1.17. The highest BCUT2D eigenvalue weighted by Crippen LogP contribution is 2.22. The van der Waals surface area contributed by atoms with E-state index in [-0.39, 0.29) is 5.43 Å². The van der Waals surface area contributed by atoms with Gasteiger partial charge in [0.15, 0.2) is 5.43 Å². The minimum Gasteiger partial charge on any atom is -0.397 e. The number of rotatable bonds is 0. The van der Waals surface area contributed by atoms with Gasteiger partial charge in [0.25, 0.3) is 0 Å². The Hall–Kier alpha value is -2.49. The Kier molecular flexibility index (Phi) is 1.86. The quantitative estimate of drug-likeness (QED) is 0.403. The number of anilines is 2. The zero-order chi connectivity index (χ0) is 12.0. The van der Waals surface area contributed by atoms with Crippen molar-refractivity contribution in [3.63, 3.8) is 0 Å².